The van der Waals surface area contributed by atoms with Crippen molar-refractivity contribution in [3.05, 3.63) is 52.5 Å². The molecule has 0 aliphatic carbocycles. The topological polar surface area (TPSA) is 26.0 Å². The number of hydrogen-bond donors (Lipinski definition) is 1. The first-order valence-electron chi connectivity index (χ1n) is 4.79. The summed E-state index contributed by atoms with van der Waals surface area (Å²) in [4.78, 5) is 0. The Morgan fingerprint density at radius 3 is 2.53 bits per heavy atom. The first-order valence-corrected chi connectivity index (χ1v) is 5.58. The van der Waals surface area contributed by atoms with Crippen LogP contribution >= 0.6 is 15.9 Å². The van der Waals surface area contributed by atoms with Crippen molar-refractivity contribution in [2.45, 2.75) is 6.92 Å². The zero-order valence-corrected chi connectivity index (χ0v) is 10.1. The summed E-state index contributed by atoms with van der Waals surface area (Å²) in [6.07, 6.45) is 0. The van der Waals surface area contributed by atoms with Crippen molar-refractivity contribution in [1.29, 1.82) is 0 Å². The number of benzene rings is 2. The van der Waals surface area contributed by atoms with Crippen LogP contribution in [0.2, 0.25) is 0 Å². The summed E-state index contributed by atoms with van der Waals surface area (Å²) < 4.78 is 1.10. The largest absolute Gasteiger partial charge is 0.399 e. The maximum Gasteiger partial charge on any atom is 0.0320 e. The van der Waals surface area contributed by atoms with E-state index in [2.05, 4.69) is 41.1 Å². The van der Waals surface area contributed by atoms with Gasteiger partial charge in [0.25, 0.3) is 0 Å². The van der Waals surface area contributed by atoms with Gasteiger partial charge in [0, 0.05) is 10.2 Å². The molecule has 76 valence electrons. The summed E-state index contributed by atoms with van der Waals surface area (Å²) in [5.41, 5.74) is 10.2. The highest BCUT2D eigenvalue weighted by molar-refractivity contribution is 9.10. The minimum absolute atomic E-state index is 0.801. The monoisotopic (exact) mass is 261 g/mol. The Morgan fingerprint density at radius 1 is 1.07 bits per heavy atom. The molecular weight excluding hydrogens is 250 g/mol. The molecule has 0 saturated heterocycles. The molecule has 0 bridgehead atoms. The molecule has 0 aliphatic rings. The zero-order chi connectivity index (χ0) is 10.8. The lowest BCUT2D eigenvalue weighted by Gasteiger charge is -2.07. The van der Waals surface area contributed by atoms with Crippen LogP contribution in [0.5, 0.6) is 0 Å². The van der Waals surface area contributed by atoms with Gasteiger partial charge >= 0.3 is 0 Å². The average Bonchev–Trinajstić information content (AvgIpc) is 2.17. The number of halogens is 1. The van der Waals surface area contributed by atoms with Gasteiger partial charge in [0.2, 0.25) is 0 Å². The van der Waals surface area contributed by atoms with E-state index in [4.69, 9.17) is 5.73 Å². The Labute approximate surface area is 98.1 Å². The van der Waals surface area contributed by atoms with Crippen LogP contribution in [0.15, 0.2) is 46.9 Å². The second kappa shape index (κ2) is 4.07. The number of hydrogen-bond acceptors (Lipinski definition) is 1. The Morgan fingerprint density at radius 2 is 1.87 bits per heavy atom. The Hall–Kier alpha value is -1.28. The van der Waals surface area contributed by atoms with Crippen molar-refractivity contribution in [2.24, 2.45) is 0 Å². The van der Waals surface area contributed by atoms with Crippen LogP contribution in [0.4, 0.5) is 5.69 Å². The van der Waals surface area contributed by atoms with E-state index in [0.717, 1.165) is 10.2 Å². The molecule has 0 fully saturated rings. The fraction of sp³-hybridized carbons (Fsp3) is 0.0769. The lowest BCUT2D eigenvalue weighted by molar-refractivity contribution is 1.44. The fourth-order valence-electron chi connectivity index (χ4n) is 1.66. The van der Waals surface area contributed by atoms with Gasteiger partial charge in [-0.05, 0) is 47.9 Å². The summed E-state index contributed by atoms with van der Waals surface area (Å²) in [6.45, 7) is 2.10. The van der Waals surface area contributed by atoms with Gasteiger partial charge in [0.05, 0.1) is 0 Å². The highest BCUT2D eigenvalue weighted by Gasteiger charge is 2.02. The molecule has 2 N–H and O–H groups in total. The number of nitrogen functional groups attached to an aromatic ring is 1. The molecular formula is C13H12BrN. The molecule has 0 saturated carbocycles. The summed E-state index contributed by atoms with van der Waals surface area (Å²) >= 11 is 3.46. The Kier molecular flexibility index (Phi) is 2.78. The van der Waals surface area contributed by atoms with E-state index < -0.39 is 0 Å². The Balaban J connectivity index is 2.54. The molecule has 0 aromatic heterocycles. The van der Waals surface area contributed by atoms with Gasteiger partial charge in [0.1, 0.15) is 0 Å². The summed E-state index contributed by atoms with van der Waals surface area (Å²) in [5.74, 6) is 0. The normalized spacial score (nSPS) is 10.3. The first kappa shape index (κ1) is 10.2. The zero-order valence-electron chi connectivity index (χ0n) is 8.50. The molecule has 0 aliphatic heterocycles. The van der Waals surface area contributed by atoms with E-state index in [1.54, 1.807) is 0 Å². The smallest absolute Gasteiger partial charge is 0.0320 e. The third-order valence-electron chi connectivity index (χ3n) is 2.39. The van der Waals surface area contributed by atoms with E-state index in [-0.39, 0.29) is 0 Å². The van der Waals surface area contributed by atoms with Gasteiger partial charge in [-0.2, -0.15) is 0 Å². The third-order valence-corrected chi connectivity index (χ3v) is 2.88. The lowest BCUT2D eigenvalue weighted by atomic mass is 10.0. The van der Waals surface area contributed by atoms with Gasteiger partial charge in [-0.1, -0.05) is 34.1 Å². The van der Waals surface area contributed by atoms with E-state index in [9.17, 15) is 0 Å². The van der Waals surface area contributed by atoms with Crippen molar-refractivity contribution in [1.82, 2.24) is 0 Å². The predicted octanol–water partition coefficient (Wildman–Crippen LogP) is 4.01. The number of aryl methyl sites for hydroxylation is 1. The standard InChI is InChI=1S/C13H12BrN/c1-9-7-11(14)5-6-13(9)10-3-2-4-12(15)8-10/h2-8H,15H2,1H3. The molecule has 0 unspecified atom stereocenters. The average molecular weight is 262 g/mol. The molecule has 2 aromatic rings. The van der Waals surface area contributed by atoms with E-state index in [1.807, 2.05) is 24.3 Å². The summed E-state index contributed by atoms with van der Waals surface area (Å²) in [5, 5.41) is 0. The summed E-state index contributed by atoms with van der Waals surface area (Å²) in [7, 11) is 0. The highest BCUT2D eigenvalue weighted by Crippen LogP contribution is 2.27. The molecule has 2 heteroatoms. The van der Waals surface area contributed by atoms with Crippen LogP contribution < -0.4 is 5.73 Å². The molecule has 0 atom stereocenters. The Bertz CT molecular complexity index is 492. The molecule has 2 rings (SSSR count). The fourth-order valence-corrected chi connectivity index (χ4v) is 2.13. The molecule has 0 heterocycles. The van der Waals surface area contributed by atoms with E-state index in [1.165, 1.54) is 16.7 Å². The maximum absolute atomic E-state index is 5.77. The number of rotatable bonds is 1. The second-order valence-corrected chi connectivity index (χ2v) is 4.50. The van der Waals surface area contributed by atoms with Crippen LogP contribution in [0, 0.1) is 6.92 Å². The van der Waals surface area contributed by atoms with Crippen LogP contribution in [0.3, 0.4) is 0 Å². The quantitative estimate of drug-likeness (QED) is 0.772. The molecule has 1 nitrogen and oxygen atoms in total. The third kappa shape index (κ3) is 2.21. The summed E-state index contributed by atoms with van der Waals surface area (Å²) in [6, 6.07) is 14.2. The van der Waals surface area contributed by atoms with Crippen LogP contribution in [-0.4, -0.2) is 0 Å². The first-order chi connectivity index (χ1) is 7.16. The highest BCUT2D eigenvalue weighted by atomic mass is 79.9. The van der Waals surface area contributed by atoms with E-state index in [0.29, 0.717) is 0 Å². The van der Waals surface area contributed by atoms with Gasteiger partial charge in [-0.15, -0.1) is 0 Å². The molecule has 0 spiro atoms. The van der Waals surface area contributed by atoms with Gasteiger partial charge in [-0.3, -0.25) is 0 Å². The van der Waals surface area contributed by atoms with Crippen LogP contribution in [0.1, 0.15) is 5.56 Å². The van der Waals surface area contributed by atoms with Crippen molar-refractivity contribution in [2.75, 3.05) is 5.73 Å². The van der Waals surface area contributed by atoms with Crippen LogP contribution in [-0.2, 0) is 0 Å². The molecule has 0 amide bonds. The van der Waals surface area contributed by atoms with Gasteiger partial charge in [-0.25, -0.2) is 0 Å². The van der Waals surface area contributed by atoms with E-state index >= 15 is 0 Å². The van der Waals surface area contributed by atoms with Crippen molar-refractivity contribution >= 4 is 21.6 Å². The maximum atomic E-state index is 5.77. The number of anilines is 1. The predicted molar refractivity (Wildman–Crippen MR) is 68.7 cm³/mol. The molecule has 0 radical (unpaired) electrons. The lowest BCUT2D eigenvalue weighted by Crippen LogP contribution is -1.87. The van der Waals surface area contributed by atoms with Crippen molar-refractivity contribution in [3.8, 4) is 11.1 Å². The number of nitrogens with two attached hydrogens (primary N) is 1. The second-order valence-electron chi connectivity index (χ2n) is 3.58. The van der Waals surface area contributed by atoms with Gasteiger partial charge < -0.3 is 5.73 Å². The van der Waals surface area contributed by atoms with Crippen molar-refractivity contribution < 1.29 is 0 Å². The minimum atomic E-state index is 0.801. The molecule has 2 aromatic carbocycles. The van der Waals surface area contributed by atoms with Gasteiger partial charge in [0.15, 0.2) is 0 Å². The minimum Gasteiger partial charge on any atom is -0.399 e. The SMILES string of the molecule is Cc1cc(Br)ccc1-c1cccc(N)c1. The van der Waals surface area contributed by atoms with Crippen LogP contribution in [0.25, 0.3) is 11.1 Å². The van der Waals surface area contributed by atoms with Crippen molar-refractivity contribution in [3.63, 3.8) is 0 Å². The molecule has 15 heavy (non-hydrogen) atoms.